The van der Waals surface area contributed by atoms with Crippen LogP contribution in [0.25, 0.3) is 0 Å². The van der Waals surface area contributed by atoms with E-state index in [9.17, 15) is 4.79 Å². The fourth-order valence-corrected chi connectivity index (χ4v) is 0.846. The highest BCUT2D eigenvalue weighted by molar-refractivity contribution is 5.66. The minimum Gasteiger partial charge on any atom is -0.481 e. The van der Waals surface area contributed by atoms with Gasteiger partial charge in [0, 0.05) is 25.2 Å². The van der Waals surface area contributed by atoms with Crippen LogP contribution in [-0.2, 0) is 4.79 Å². The Morgan fingerprint density at radius 2 is 1.85 bits per heavy atom. The van der Waals surface area contributed by atoms with Crippen LogP contribution >= 0.6 is 0 Å². The van der Waals surface area contributed by atoms with Crippen molar-refractivity contribution in [1.29, 1.82) is 0 Å². The second-order valence-corrected chi connectivity index (χ2v) is 4.07. The summed E-state index contributed by atoms with van der Waals surface area (Å²) in [5, 5.41) is 14.7. The van der Waals surface area contributed by atoms with Gasteiger partial charge >= 0.3 is 5.97 Å². The first kappa shape index (κ1) is 12.4. The van der Waals surface area contributed by atoms with Crippen molar-refractivity contribution in [2.75, 3.05) is 19.6 Å². The molecule has 0 saturated heterocycles. The minimum absolute atomic E-state index is 0.133. The molecule has 0 aromatic rings. The number of rotatable bonds is 6. The summed E-state index contributed by atoms with van der Waals surface area (Å²) >= 11 is 0. The van der Waals surface area contributed by atoms with Gasteiger partial charge < -0.3 is 15.7 Å². The van der Waals surface area contributed by atoms with Gasteiger partial charge in [0.2, 0.25) is 0 Å². The normalized spacial score (nSPS) is 11.6. The summed E-state index contributed by atoms with van der Waals surface area (Å²) < 4.78 is 0. The molecule has 4 nitrogen and oxygen atoms in total. The summed E-state index contributed by atoms with van der Waals surface area (Å²) in [4.78, 5) is 10.1. The molecule has 0 aliphatic rings. The zero-order valence-corrected chi connectivity index (χ0v) is 8.68. The first-order chi connectivity index (χ1) is 5.92. The average molecular weight is 188 g/mol. The molecular weight excluding hydrogens is 168 g/mol. The Labute approximate surface area is 79.7 Å². The maximum Gasteiger partial charge on any atom is 0.304 e. The quantitative estimate of drug-likeness (QED) is 0.529. The summed E-state index contributed by atoms with van der Waals surface area (Å²) in [5.74, 6) is -0.753. The van der Waals surface area contributed by atoms with Crippen molar-refractivity contribution in [2.24, 2.45) is 0 Å². The van der Waals surface area contributed by atoms with Crippen LogP contribution in [0.4, 0.5) is 0 Å². The van der Waals surface area contributed by atoms with Crippen LogP contribution < -0.4 is 10.6 Å². The van der Waals surface area contributed by atoms with E-state index in [0.717, 1.165) is 13.1 Å². The summed E-state index contributed by atoms with van der Waals surface area (Å²) in [6.45, 7) is 8.52. The van der Waals surface area contributed by atoms with Crippen LogP contribution in [0.15, 0.2) is 0 Å². The van der Waals surface area contributed by atoms with Gasteiger partial charge in [-0.15, -0.1) is 0 Å². The van der Waals surface area contributed by atoms with Gasteiger partial charge in [0.25, 0.3) is 0 Å². The molecule has 78 valence electrons. The maximum absolute atomic E-state index is 10.1. The molecule has 0 amide bonds. The third kappa shape index (κ3) is 11.4. The molecule has 4 heteroatoms. The van der Waals surface area contributed by atoms with Crippen LogP contribution in [0.3, 0.4) is 0 Å². The summed E-state index contributed by atoms with van der Waals surface area (Å²) in [6.07, 6.45) is 0.190. The van der Waals surface area contributed by atoms with Crippen LogP contribution in [-0.4, -0.2) is 36.2 Å². The number of carboxylic acid groups (broad SMARTS) is 1. The number of hydrogen-bond donors (Lipinski definition) is 3. The zero-order chi connectivity index (χ0) is 10.3. The first-order valence-corrected chi connectivity index (χ1v) is 4.59. The number of aliphatic carboxylic acids is 1. The van der Waals surface area contributed by atoms with Gasteiger partial charge in [-0.3, -0.25) is 4.79 Å². The molecule has 3 N–H and O–H groups in total. The second kappa shape index (κ2) is 5.94. The van der Waals surface area contributed by atoms with Gasteiger partial charge in [0.15, 0.2) is 0 Å². The summed E-state index contributed by atoms with van der Waals surface area (Å²) in [5.41, 5.74) is 0.133. The lowest BCUT2D eigenvalue weighted by atomic mass is 10.1. The van der Waals surface area contributed by atoms with Crippen molar-refractivity contribution >= 4 is 5.97 Å². The standard InChI is InChI=1S/C9H20N2O2/c1-9(2,3)11-7-6-10-5-4-8(12)13/h10-11H,4-7H2,1-3H3,(H,12,13). The van der Waals surface area contributed by atoms with Crippen molar-refractivity contribution < 1.29 is 9.90 Å². The topological polar surface area (TPSA) is 61.4 Å². The van der Waals surface area contributed by atoms with E-state index < -0.39 is 5.97 Å². The van der Waals surface area contributed by atoms with E-state index in [2.05, 4.69) is 31.4 Å². The number of carboxylic acids is 1. The number of carbonyl (C=O) groups is 1. The van der Waals surface area contributed by atoms with Crippen molar-refractivity contribution in [1.82, 2.24) is 10.6 Å². The molecule has 0 unspecified atom stereocenters. The lowest BCUT2D eigenvalue weighted by molar-refractivity contribution is -0.136. The Morgan fingerprint density at radius 3 is 2.31 bits per heavy atom. The molecule has 0 atom stereocenters. The fraction of sp³-hybridized carbons (Fsp3) is 0.889. The van der Waals surface area contributed by atoms with Gasteiger partial charge in [-0.1, -0.05) is 0 Å². The van der Waals surface area contributed by atoms with Crippen LogP contribution in [0, 0.1) is 0 Å². The molecule has 0 aromatic carbocycles. The largest absolute Gasteiger partial charge is 0.481 e. The van der Waals surface area contributed by atoms with Crippen molar-refractivity contribution in [3.63, 3.8) is 0 Å². The zero-order valence-electron chi connectivity index (χ0n) is 8.68. The lowest BCUT2D eigenvalue weighted by Crippen LogP contribution is -2.40. The van der Waals surface area contributed by atoms with E-state index in [1.807, 2.05) is 0 Å². The molecule has 0 heterocycles. The van der Waals surface area contributed by atoms with Crippen molar-refractivity contribution in [3.8, 4) is 0 Å². The van der Waals surface area contributed by atoms with Crippen molar-refractivity contribution in [2.45, 2.75) is 32.7 Å². The molecule has 0 fully saturated rings. The second-order valence-electron chi connectivity index (χ2n) is 4.07. The highest BCUT2D eigenvalue weighted by Gasteiger charge is 2.06. The molecule has 0 rings (SSSR count). The first-order valence-electron chi connectivity index (χ1n) is 4.59. The molecule has 0 aliphatic heterocycles. The average Bonchev–Trinajstić information content (AvgIpc) is 1.93. The minimum atomic E-state index is -0.753. The Hall–Kier alpha value is -0.610. The SMILES string of the molecule is CC(C)(C)NCCNCCC(=O)O. The molecule has 0 bridgehead atoms. The molecule has 0 spiro atoms. The molecule has 13 heavy (non-hydrogen) atoms. The summed E-state index contributed by atoms with van der Waals surface area (Å²) in [6, 6.07) is 0. The van der Waals surface area contributed by atoms with Gasteiger partial charge in [0.1, 0.15) is 0 Å². The van der Waals surface area contributed by atoms with Gasteiger partial charge in [-0.25, -0.2) is 0 Å². The van der Waals surface area contributed by atoms with E-state index >= 15 is 0 Å². The molecular formula is C9H20N2O2. The Kier molecular flexibility index (Phi) is 5.66. The van der Waals surface area contributed by atoms with Gasteiger partial charge in [-0.2, -0.15) is 0 Å². The van der Waals surface area contributed by atoms with E-state index in [0.29, 0.717) is 6.54 Å². The van der Waals surface area contributed by atoms with Crippen LogP contribution in [0.1, 0.15) is 27.2 Å². The molecule has 0 aliphatic carbocycles. The Bertz CT molecular complexity index is 152. The van der Waals surface area contributed by atoms with Gasteiger partial charge in [-0.05, 0) is 20.8 Å². The summed E-state index contributed by atoms with van der Waals surface area (Å²) in [7, 11) is 0. The van der Waals surface area contributed by atoms with E-state index in [1.165, 1.54) is 0 Å². The van der Waals surface area contributed by atoms with Crippen molar-refractivity contribution in [3.05, 3.63) is 0 Å². The van der Waals surface area contributed by atoms with E-state index in [-0.39, 0.29) is 12.0 Å². The van der Waals surface area contributed by atoms with Gasteiger partial charge in [0.05, 0.1) is 6.42 Å². The predicted molar refractivity (Wildman–Crippen MR) is 52.9 cm³/mol. The van der Waals surface area contributed by atoms with Crippen LogP contribution in [0.2, 0.25) is 0 Å². The maximum atomic E-state index is 10.1. The molecule has 0 aromatic heterocycles. The highest BCUT2D eigenvalue weighted by atomic mass is 16.4. The third-order valence-electron chi connectivity index (χ3n) is 1.47. The van der Waals surface area contributed by atoms with E-state index in [4.69, 9.17) is 5.11 Å². The Balaban J connectivity index is 3.13. The lowest BCUT2D eigenvalue weighted by Gasteiger charge is -2.20. The fourth-order valence-electron chi connectivity index (χ4n) is 0.846. The molecule has 0 saturated carbocycles. The highest BCUT2D eigenvalue weighted by Crippen LogP contribution is 1.96. The van der Waals surface area contributed by atoms with E-state index in [1.54, 1.807) is 0 Å². The molecule has 0 radical (unpaired) electrons. The third-order valence-corrected chi connectivity index (χ3v) is 1.47. The predicted octanol–water partition coefficient (Wildman–Crippen LogP) is 0.439. The Morgan fingerprint density at radius 1 is 1.23 bits per heavy atom. The number of nitrogens with one attached hydrogen (secondary N) is 2. The monoisotopic (exact) mass is 188 g/mol. The smallest absolute Gasteiger partial charge is 0.304 e. The number of hydrogen-bond acceptors (Lipinski definition) is 3. The van der Waals surface area contributed by atoms with Crippen LogP contribution in [0.5, 0.6) is 0 Å².